The van der Waals surface area contributed by atoms with Gasteiger partial charge in [0.05, 0.1) is 12.2 Å². The first-order valence-electron chi connectivity index (χ1n) is 11.1. The van der Waals surface area contributed by atoms with Crippen LogP contribution in [0.5, 0.6) is 0 Å². The maximum absolute atomic E-state index is 12.2. The first-order chi connectivity index (χ1) is 15.9. The second kappa shape index (κ2) is 7.29. The van der Waals surface area contributed by atoms with Crippen molar-refractivity contribution in [2.45, 2.75) is 38.8 Å². The van der Waals surface area contributed by atoms with Crippen molar-refractivity contribution in [3.05, 3.63) is 64.3 Å². The van der Waals surface area contributed by atoms with Crippen molar-refractivity contribution in [3.63, 3.8) is 0 Å². The molecule has 4 heterocycles. The average Bonchev–Trinajstić information content (AvgIpc) is 3.07. The van der Waals surface area contributed by atoms with E-state index in [0.717, 1.165) is 54.6 Å². The first-order valence-corrected chi connectivity index (χ1v) is 11.4. The lowest BCUT2D eigenvalue weighted by molar-refractivity contribution is -0.130. The van der Waals surface area contributed by atoms with Crippen molar-refractivity contribution in [3.8, 4) is 11.8 Å². The van der Waals surface area contributed by atoms with Crippen LogP contribution in [0, 0.1) is 16.7 Å². The predicted molar refractivity (Wildman–Crippen MR) is 122 cm³/mol. The van der Waals surface area contributed by atoms with Crippen LogP contribution < -0.4 is 4.90 Å². The maximum atomic E-state index is 12.2. The van der Waals surface area contributed by atoms with Gasteiger partial charge in [-0.15, -0.1) is 10.2 Å². The van der Waals surface area contributed by atoms with Gasteiger partial charge in [0.15, 0.2) is 5.82 Å². The molecule has 1 saturated heterocycles. The molecule has 2 aliphatic heterocycles. The average molecular weight is 460 g/mol. The summed E-state index contributed by atoms with van der Waals surface area (Å²) in [4.78, 5) is 20.6. The molecule has 0 unspecified atom stereocenters. The fraction of sp³-hybridized carbons (Fsp3) is 0.375. The number of hydrogen-bond acceptors (Lipinski definition) is 6. The van der Waals surface area contributed by atoms with Gasteiger partial charge in [0.1, 0.15) is 23.4 Å². The van der Waals surface area contributed by atoms with E-state index in [0.29, 0.717) is 29.7 Å². The quantitative estimate of drug-likeness (QED) is 0.583. The van der Waals surface area contributed by atoms with Gasteiger partial charge in [-0.3, -0.25) is 9.36 Å². The highest BCUT2D eigenvalue weighted by Crippen LogP contribution is 2.56. The van der Waals surface area contributed by atoms with Crippen LogP contribution in [0.3, 0.4) is 0 Å². The molecular formula is C24H22ClN7O. The van der Waals surface area contributed by atoms with Crippen LogP contribution in [-0.2, 0) is 17.9 Å². The highest BCUT2D eigenvalue weighted by Gasteiger charge is 2.54. The Balaban J connectivity index is 1.24. The van der Waals surface area contributed by atoms with E-state index in [-0.39, 0.29) is 11.3 Å². The molecular weight excluding hydrogens is 438 g/mol. The van der Waals surface area contributed by atoms with Gasteiger partial charge in [0, 0.05) is 42.9 Å². The molecule has 1 saturated carbocycles. The minimum atomic E-state index is 0.00478. The Morgan fingerprint density at radius 3 is 2.76 bits per heavy atom. The minimum absolute atomic E-state index is 0.00478. The smallest absolute Gasteiger partial charge is 0.220 e. The fourth-order valence-corrected chi connectivity index (χ4v) is 5.72. The van der Waals surface area contributed by atoms with Gasteiger partial charge in [-0.05, 0) is 48.7 Å². The maximum Gasteiger partial charge on any atom is 0.220 e. The molecule has 0 N–H and O–H groups in total. The summed E-state index contributed by atoms with van der Waals surface area (Å²) in [6.45, 7) is 4.40. The SMILES string of the molecule is CC(=O)N1Cc2cc(Cl)ccc2-n2c(nnc2C2CC3(C2)CN(c2cccc(C#N)n2)C3)C1. The van der Waals surface area contributed by atoms with Crippen molar-refractivity contribution in [1.29, 1.82) is 5.26 Å². The molecule has 2 fully saturated rings. The molecule has 8 nitrogen and oxygen atoms in total. The van der Waals surface area contributed by atoms with E-state index in [1.807, 2.05) is 30.3 Å². The zero-order chi connectivity index (χ0) is 22.7. The van der Waals surface area contributed by atoms with Crippen LogP contribution in [0.4, 0.5) is 5.82 Å². The van der Waals surface area contributed by atoms with Crippen molar-refractivity contribution in [2.24, 2.45) is 5.41 Å². The molecule has 1 aromatic carbocycles. The minimum Gasteiger partial charge on any atom is -0.355 e. The lowest BCUT2D eigenvalue weighted by Crippen LogP contribution is -2.62. The van der Waals surface area contributed by atoms with E-state index in [1.165, 1.54) is 0 Å². The van der Waals surface area contributed by atoms with Crippen molar-refractivity contribution < 1.29 is 4.79 Å². The Morgan fingerprint density at radius 1 is 1.18 bits per heavy atom. The van der Waals surface area contributed by atoms with Crippen molar-refractivity contribution in [1.82, 2.24) is 24.6 Å². The molecule has 1 aliphatic carbocycles. The number of carbonyl (C=O) groups is 1. The van der Waals surface area contributed by atoms with Gasteiger partial charge >= 0.3 is 0 Å². The normalized spacial score (nSPS) is 18.6. The summed E-state index contributed by atoms with van der Waals surface area (Å²) in [6.07, 6.45) is 2.08. The number of rotatable bonds is 2. The van der Waals surface area contributed by atoms with Crippen molar-refractivity contribution in [2.75, 3.05) is 18.0 Å². The molecule has 0 bridgehead atoms. The highest BCUT2D eigenvalue weighted by molar-refractivity contribution is 6.30. The van der Waals surface area contributed by atoms with Gasteiger partial charge < -0.3 is 9.80 Å². The number of fused-ring (bicyclic) bond motifs is 3. The van der Waals surface area contributed by atoms with Crippen LogP contribution >= 0.6 is 11.6 Å². The fourth-order valence-electron chi connectivity index (χ4n) is 5.53. The molecule has 1 amide bonds. The van der Waals surface area contributed by atoms with E-state index >= 15 is 0 Å². The molecule has 1 spiro atoms. The van der Waals surface area contributed by atoms with Gasteiger partial charge in [0.2, 0.25) is 5.91 Å². The standard InChI is InChI=1S/C24H22ClN7O/c1-15(33)30-11-16-7-18(25)5-6-20(16)32-22(12-30)28-29-23(32)17-8-24(9-17)13-31(14-24)21-4-2-3-19(10-26)27-21/h2-7,17H,8-9,11-14H2,1H3. The Hall–Kier alpha value is -3.44. The molecule has 2 aromatic heterocycles. The van der Waals surface area contributed by atoms with Crippen LogP contribution in [0.15, 0.2) is 36.4 Å². The molecule has 33 heavy (non-hydrogen) atoms. The van der Waals surface area contributed by atoms with E-state index < -0.39 is 0 Å². The number of nitrogens with zero attached hydrogens (tertiary/aromatic N) is 7. The van der Waals surface area contributed by atoms with E-state index in [2.05, 4.69) is 30.7 Å². The number of anilines is 1. The van der Waals surface area contributed by atoms with E-state index in [9.17, 15) is 4.79 Å². The molecule has 6 rings (SSSR count). The Morgan fingerprint density at radius 2 is 2.00 bits per heavy atom. The monoisotopic (exact) mass is 459 g/mol. The van der Waals surface area contributed by atoms with Crippen LogP contribution in [0.25, 0.3) is 5.69 Å². The van der Waals surface area contributed by atoms with Crippen molar-refractivity contribution >= 4 is 23.3 Å². The van der Waals surface area contributed by atoms with Gasteiger partial charge in [-0.2, -0.15) is 5.26 Å². The van der Waals surface area contributed by atoms with Crippen LogP contribution in [0.2, 0.25) is 5.02 Å². The predicted octanol–water partition coefficient (Wildman–Crippen LogP) is 3.43. The summed E-state index contributed by atoms with van der Waals surface area (Å²) >= 11 is 6.27. The summed E-state index contributed by atoms with van der Waals surface area (Å²) in [5.74, 6) is 2.95. The number of aromatic nitrogens is 4. The summed E-state index contributed by atoms with van der Waals surface area (Å²) in [7, 11) is 0. The third-order valence-electron chi connectivity index (χ3n) is 7.13. The molecule has 9 heteroatoms. The summed E-state index contributed by atoms with van der Waals surface area (Å²) in [6, 6.07) is 13.5. The zero-order valence-electron chi connectivity index (χ0n) is 18.2. The number of halogens is 1. The second-order valence-electron chi connectivity index (χ2n) is 9.41. The topological polar surface area (TPSA) is 90.9 Å². The summed E-state index contributed by atoms with van der Waals surface area (Å²) in [5, 5.41) is 18.8. The Kier molecular flexibility index (Phi) is 4.46. The third-order valence-corrected chi connectivity index (χ3v) is 7.36. The van der Waals surface area contributed by atoms with E-state index in [4.69, 9.17) is 16.9 Å². The Labute approximate surface area is 196 Å². The highest BCUT2D eigenvalue weighted by atomic mass is 35.5. The Bertz CT molecular complexity index is 1310. The number of nitriles is 1. The van der Waals surface area contributed by atoms with E-state index in [1.54, 1.807) is 17.9 Å². The zero-order valence-corrected chi connectivity index (χ0v) is 19.0. The number of pyridine rings is 1. The number of benzene rings is 1. The largest absolute Gasteiger partial charge is 0.355 e. The molecule has 0 atom stereocenters. The number of carbonyl (C=O) groups excluding carboxylic acids is 1. The molecule has 166 valence electrons. The second-order valence-corrected chi connectivity index (χ2v) is 9.85. The lowest BCUT2D eigenvalue weighted by atomic mass is 9.57. The summed E-state index contributed by atoms with van der Waals surface area (Å²) < 4.78 is 2.14. The molecule has 0 radical (unpaired) electrons. The molecule has 3 aromatic rings. The first kappa shape index (κ1) is 20.2. The molecule has 3 aliphatic rings. The third kappa shape index (κ3) is 3.26. The van der Waals surface area contributed by atoms with Gasteiger partial charge in [-0.25, -0.2) is 4.98 Å². The summed E-state index contributed by atoms with van der Waals surface area (Å²) in [5.41, 5.74) is 2.72. The number of amides is 1. The lowest BCUT2D eigenvalue weighted by Gasteiger charge is -2.59. The van der Waals surface area contributed by atoms with Crippen LogP contribution in [-0.4, -0.2) is 43.6 Å². The number of hydrogen-bond donors (Lipinski definition) is 0. The van der Waals surface area contributed by atoms with Crippen LogP contribution in [0.1, 0.15) is 48.6 Å². The van der Waals surface area contributed by atoms with Gasteiger partial charge in [0.25, 0.3) is 0 Å². The van der Waals surface area contributed by atoms with Gasteiger partial charge in [-0.1, -0.05) is 17.7 Å².